The van der Waals surface area contributed by atoms with Crippen molar-refractivity contribution >= 4 is 11.9 Å². The van der Waals surface area contributed by atoms with Crippen molar-refractivity contribution in [3.05, 3.63) is 36.5 Å². The lowest BCUT2D eigenvalue weighted by Crippen LogP contribution is -2.24. The summed E-state index contributed by atoms with van der Waals surface area (Å²) in [5.41, 5.74) is 0.695. The van der Waals surface area contributed by atoms with Gasteiger partial charge in [0.2, 0.25) is 11.9 Å². The van der Waals surface area contributed by atoms with Gasteiger partial charge in [0.15, 0.2) is 5.82 Å². The zero-order chi connectivity index (χ0) is 13.8. The van der Waals surface area contributed by atoms with Gasteiger partial charge in [-0.3, -0.25) is 20.2 Å². The first-order valence-corrected chi connectivity index (χ1v) is 6.62. The molecule has 0 aromatic carbocycles. The number of nitrogens with one attached hydrogen (secondary N) is 2. The Kier molecular flexibility index (Phi) is 3.54. The summed E-state index contributed by atoms with van der Waals surface area (Å²) in [5, 5.41) is 9.53. The van der Waals surface area contributed by atoms with Gasteiger partial charge in [-0.25, -0.2) is 0 Å². The standard InChI is InChI=1S/C14H15N5O/c20-13(10-6-2-1-3-7-10)17-14-16-12(18-19-14)11-8-4-5-9-15-11/h1-2,4-5,8-10H,3,6-7H2,(H2,16,17,18,19,20). The third-order valence-electron chi connectivity index (χ3n) is 3.27. The summed E-state index contributed by atoms with van der Waals surface area (Å²) in [4.78, 5) is 20.5. The normalized spacial score (nSPS) is 17.9. The van der Waals surface area contributed by atoms with Gasteiger partial charge in [0.25, 0.3) is 0 Å². The molecule has 0 bridgehead atoms. The molecule has 2 heterocycles. The van der Waals surface area contributed by atoms with Crippen LogP contribution in [0.5, 0.6) is 0 Å². The predicted molar refractivity (Wildman–Crippen MR) is 74.7 cm³/mol. The fourth-order valence-corrected chi connectivity index (χ4v) is 2.18. The summed E-state index contributed by atoms with van der Waals surface area (Å²) in [7, 11) is 0. The second-order valence-corrected chi connectivity index (χ2v) is 4.69. The number of amides is 1. The second-order valence-electron chi connectivity index (χ2n) is 4.69. The molecule has 6 nitrogen and oxygen atoms in total. The molecule has 2 N–H and O–H groups in total. The molecule has 0 saturated heterocycles. The molecule has 1 aliphatic rings. The van der Waals surface area contributed by atoms with E-state index in [1.165, 1.54) is 0 Å². The molecular formula is C14H15N5O. The molecule has 0 saturated carbocycles. The average molecular weight is 269 g/mol. The lowest BCUT2D eigenvalue weighted by Gasteiger charge is -2.15. The fraction of sp³-hybridized carbons (Fsp3) is 0.286. The van der Waals surface area contributed by atoms with E-state index in [0.29, 0.717) is 17.5 Å². The monoisotopic (exact) mass is 269 g/mol. The number of hydrogen-bond donors (Lipinski definition) is 2. The Morgan fingerprint density at radius 2 is 2.30 bits per heavy atom. The topological polar surface area (TPSA) is 83.6 Å². The molecule has 20 heavy (non-hydrogen) atoms. The zero-order valence-corrected chi connectivity index (χ0v) is 10.9. The van der Waals surface area contributed by atoms with E-state index < -0.39 is 0 Å². The van der Waals surface area contributed by atoms with Gasteiger partial charge in [-0.2, -0.15) is 4.98 Å². The molecule has 3 rings (SSSR count). The molecule has 1 unspecified atom stereocenters. The van der Waals surface area contributed by atoms with E-state index in [2.05, 4.69) is 31.6 Å². The van der Waals surface area contributed by atoms with Gasteiger partial charge >= 0.3 is 0 Å². The highest BCUT2D eigenvalue weighted by Gasteiger charge is 2.20. The average Bonchev–Trinajstić information content (AvgIpc) is 2.97. The Morgan fingerprint density at radius 1 is 1.35 bits per heavy atom. The highest BCUT2D eigenvalue weighted by Crippen LogP contribution is 2.20. The minimum Gasteiger partial charge on any atom is -0.293 e. The minimum absolute atomic E-state index is 0.0109. The number of nitrogens with zero attached hydrogens (tertiary/aromatic N) is 3. The summed E-state index contributed by atoms with van der Waals surface area (Å²) >= 11 is 0. The van der Waals surface area contributed by atoms with Crippen LogP contribution in [0.4, 0.5) is 5.95 Å². The van der Waals surface area contributed by atoms with E-state index in [4.69, 9.17) is 0 Å². The number of carbonyl (C=O) groups excluding carboxylic acids is 1. The van der Waals surface area contributed by atoms with Crippen molar-refractivity contribution in [3.63, 3.8) is 0 Å². The van der Waals surface area contributed by atoms with Crippen LogP contribution < -0.4 is 5.32 Å². The molecule has 1 amide bonds. The lowest BCUT2D eigenvalue weighted by atomic mass is 9.94. The van der Waals surface area contributed by atoms with Gasteiger partial charge in [0.1, 0.15) is 5.69 Å². The van der Waals surface area contributed by atoms with E-state index in [1.807, 2.05) is 24.3 Å². The maximum atomic E-state index is 12.1. The SMILES string of the molecule is O=C(Nc1n[nH]c(-c2ccccn2)n1)C1CC=CCC1. The molecule has 1 atom stereocenters. The van der Waals surface area contributed by atoms with Crippen molar-refractivity contribution in [3.8, 4) is 11.5 Å². The molecule has 2 aromatic heterocycles. The molecule has 0 spiro atoms. The van der Waals surface area contributed by atoms with Crippen molar-refractivity contribution in [2.45, 2.75) is 19.3 Å². The Bertz CT molecular complexity index is 620. The number of hydrogen-bond acceptors (Lipinski definition) is 4. The molecule has 6 heteroatoms. The Balaban J connectivity index is 1.68. The van der Waals surface area contributed by atoms with E-state index in [-0.39, 0.29) is 11.8 Å². The van der Waals surface area contributed by atoms with E-state index in [1.54, 1.807) is 6.20 Å². The summed E-state index contributed by atoms with van der Waals surface area (Å²) in [6.45, 7) is 0. The highest BCUT2D eigenvalue weighted by atomic mass is 16.2. The summed E-state index contributed by atoms with van der Waals surface area (Å²) in [6, 6.07) is 5.54. The number of pyridine rings is 1. The second kappa shape index (κ2) is 5.64. The van der Waals surface area contributed by atoms with Crippen molar-refractivity contribution < 1.29 is 4.79 Å². The lowest BCUT2D eigenvalue weighted by molar-refractivity contribution is -0.120. The van der Waals surface area contributed by atoms with Crippen molar-refractivity contribution in [1.29, 1.82) is 0 Å². The smallest absolute Gasteiger partial charge is 0.249 e. The third-order valence-corrected chi connectivity index (χ3v) is 3.27. The number of rotatable bonds is 3. The van der Waals surface area contributed by atoms with Crippen LogP contribution in [0.3, 0.4) is 0 Å². The van der Waals surface area contributed by atoms with Crippen LogP contribution in [-0.4, -0.2) is 26.1 Å². The zero-order valence-electron chi connectivity index (χ0n) is 10.9. The Labute approximate surface area is 116 Å². The molecule has 102 valence electrons. The van der Waals surface area contributed by atoms with Crippen LogP contribution >= 0.6 is 0 Å². The van der Waals surface area contributed by atoms with Gasteiger partial charge in [-0.1, -0.05) is 18.2 Å². The van der Waals surface area contributed by atoms with Crippen molar-refractivity contribution in [2.24, 2.45) is 5.92 Å². The van der Waals surface area contributed by atoms with Gasteiger partial charge in [0, 0.05) is 12.1 Å². The molecule has 1 aliphatic carbocycles. The van der Waals surface area contributed by atoms with Gasteiger partial charge < -0.3 is 0 Å². The number of aromatic amines is 1. The number of anilines is 1. The van der Waals surface area contributed by atoms with Crippen molar-refractivity contribution in [2.75, 3.05) is 5.32 Å². The maximum absolute atomic E-state index is 12.1. The summed E-state index contributed by atoms with van der Waals surface area (Å²) in [6.07, 6.45) is 8.44. The number of H-pyrrole nitrogens is 1. The van der Waals surface area contributed by atoms with Crippen LogP contribution in [0.1, 0.15) is 19.3 Å². The van der Waals surface area contributed by atoms with E-state index in [9.17, 15) is 4.79 Å². The molecular weight excluding hydrogens is 254 g/mol. The van der Waals surface area contributed by atoms with Crippen LogP contribution in [0.25, 0.3) is 11.5 Å². The van der Waals surface area contributed by atoms with Gasteiger partial charge in [-0.05, 0) is 31.4 Å². The number of aromatic nitrogens is 4. The quantitative estimate of drug-likeness (QED) is 0.836. The molecule has 2 aromatic rings. The van der Waals surface area contributed by atoms with Gasteiger partial charge in [-0.15, -0.1) is 5.10 Å². The van der Waals surface area contributed by atoms with Crippen molar-refractivity contribution in [1.82, 2.24) is 20.2 Å². The molecule has 0 radical (unpaired) electrons. The maximum Gasteiger partial charge on any atom is 0.249 e. The molecule has 0 aliphatic heterocycles. The number of carbonyl (C=O) groups is 1. The minimum atomic E-state index is -0.0269. The van der Waals surface area contributed by atoms with Crippen LogP contribution in [0, 0.1) is 5.92 Å². The third kappa shape index (κ3) is 2.74. The highest BCUT2D eigenvalue weighted by molar-refractivity contribution is 5.91. The first kappa shape index (κ1) is 12.5. The van der Waals surface area contributed by atoms with Crippen LogP contribution in [0.2, 0.25) is 0 Å². The molecule has 0 fully saturated rings. The summed E-state index contributed by atoms with van der Waals surface area (Å²) in [5.74, 6) is 0.826. The predicted octanol–water partition coefficient (Wildman–Crippen LogP) is 2.16. The van der Waals surface area contributed by atoms with Crippen LogP contribution in [0.15, 0.2) is 36.5 Å². The Morgan fingerprint density at radius 3 is 3.05 bits per heavy atom. The Hall–Kier alpha value is -2.50. The largest absolute Gasteiger partial charge is 0.293 e. The first-order chi connectivity index (χ1) is 9.83. The van der Waals surface area contributed by atoms with E-state index >= 15 is 0 Å². The first-order valence-electron chi connectivity index (χ1n) is 6.62. The summed E-state index contributed by atoms with van der Waals surface area (Å²) < 4.78 is 0. The van der Waals surface area contributed by atoms with Gasteiger partial charge in [0.05, 0.1) is 0 Å². The van der Waals surface area contributed by atoms with E-state index in [0.717, 1.165) is 19.3 Å². The number of allylic oxidation sites excluding steroid dienone is 2. The van der Waals surface area contributed by atoms with Crippen LogP contribution in [-0.2, 0) is 4.79 Å². The fourth-order valence-electron chi connectivity index (χ4n) is 2.18.